The topological polar surface area (TPSA) is 63.3 Å². The summed E-state index contributed by atoms with van der Waals surface area (Å²) in [4.78, 5) is 14.5. The van der Waals surface area contributed by atoms with E-state index >= 15 is 0 Å². The van der Waals surface area contributed by atoms with Gasteiger partial charge in [-0.25, -0.2) is 9.78 Å². The van der Waals surface area contributed by atoms with E-state index in [1.165, 1.54) is 0 Å². The second-order valence-electron chi connectivity index (χ2n) is 2.93. The van der Waals surface area contributed by atoms with Gasteiger partial charge >= 0.3 is 5.97 Å². The highest BCUT2D eigenvalue weighted by Gasteiger charge is 2.17. The van der Waals surface area contributed by atoms with Crippen LogP contribution in [-0.4, -0.2) is 16.1 Å². The van der Waals surface area contributed by atoms with Gasteiger partial charge in [-0.15, -0.1) is 0 Å². The number of carbonyl (C=O) groups is 1. The summed E-state index contributed by atoms with van der Waals surface area (Å²) in [6.07, 6.45) is 0. The van der Waals surface area contributed by atoms with Crippen LogP contribution in [0, 0.1) is 6.92 Å². The molecule has 0 amide bonds. The van der Waals surface area contributed by atoms with E-state index in [-0.39, 0.29) is 11.7 Å². The Morgan fingerprint density at radius 3 is 2.42 bits per heavy atom. The van der Waals surface area contributed by atoms with E-state index in [0.717, 1.165) is 0 Å². The van der Waals surface area contributed by atoms with Gasteiger partial charge in [0.15, 0.2) is 5.89 Å². The first-order valence-corrected chi connectivity index (χ1v) is 3.73. The Morgan fingerprint density at radius 2 is 2.17 bits per heavy atom. The highest BCUT2D eigenvalue weighted by Crippen LogP contribution is 2.17. The minimum Gasteiger partial charge on any atom is -0.475 e. The monoisotopic (exact) mass is 169 g/mol. The Morgan fingerprint density at radius 1 is 1.58 bits per heavy atom. The minimum absolute atomic E-state index is 0.0568. The van der Waals surface area contributed by atoms with E-state index in [1.807, 2.05) is 13.8 Å². The number of oxazole rings is 1. The van der Waals surface area contributed by atoms with Crippen LogP contribution in [0.15, 0.2) is 4.42 Å². The van der Waals surface area contributed by atoms with Gasteiger partial charge in [0.25, 0.3) is 0 Å². The molecule has 1 N–H and O–H groups in total. The molecule has 0 unspecified atom stereocenters. The fourth-order valence-corrected chi connectivity index (χ4v) is 0.863. The van der Waals surface area contributed by atoms with Crippen LogP contribution in [0.3, 0.4) is 0 Å². The zero-order chi connectivity index (χ0) is 9.30. The Kier molecular flexibility index (Phi) is 2.17. The molecule has 0 fully saturated rings. The molecule has 0 bridgehead atoms. The van der Waals surface area contributed by atoms with Gasteiger partial charge in [0.05, 0.1) is 5.69 Å². The molecule has 0 spiro atoms. The molecule has 1 aromatic heterocycles. The first kappa shape index (κ1) is 8.77. The fraction of sp³-hybridized carbons (Fsp3) is 0.500. The zero-order valence-electron chi connectivity index (χ0n) is 7.29. The molecule has 0 aromatic carbocycles. The number of aromatic carboxylic acids is 1. The zero-order valence-corrected chi connectivity index (χ0v) is 7.29. The third-order valence-corrected chi connectivity index (χ3v) is 1.50. The Labute approximate surface area is 70.2 Å². The molecule has 66 valence electrons. The second kappa shape index (κ2) is 2.97. The van der Waals surface area contributed by atoms with Crippen LogP contribution in [0.5, 0.6) is 0 Å². The molecule has 4 heteroatoms. The Balaban J connectivity index is 3.09. The molecule has 12 heavy (non-hydrogen) atoms. The summed E-state index contributed by atoms with van der Waals surface area (Å²) in [5, 5.41) is 8.63. The van der Waals surface area contributed by atoms with Crippen LogP contribution in [0.4, 0.5) is 0 Å². The number of carboxylic acids is 1. The van der Waals surface area contributed by atoms with E-state index in [1.54, 1.807) is 6.92 Å². The van der Waals surface area contributed by atoms with Gasteiger partial charge in [0, 0.05) is 5.92 Å². The van der Waals surface area contributed by atoms with Crippen molar-refractivity contribution in [2.24, 2.45) is 0 Å². The second-order valence-corrected chi connectivity index (χ2v) is 2.93. The number of aromatic nitrogens is 1. The molecule has 1 rings (SSSR count). The molecular formula is C8H11NO3. The van der Waals surface area contributed by atoms with Crippen molar-refractivity contribution in [1.29, 1.82) is 0 Å². The summed E-state index contributed by atoms with van der Waals surface area (Å²) >= 11 is 0. The van der Waals surface area contributed by atoms with Crippen LogP contribution in [0.25, 0.3) is 0 Å². The summed E-state index contributed by atoms with van der Waals surface area (Å²) < 4.78 is 5.03. The summed E-state index contributed by atoms with van der Waals surface area (Å²) in [5.41, 5.74) is 0.436. The van der Waals surface area contributed by atoms with Crippen molar-refractivity contribution in [1.82, 2.24) is 4.98 Å². The van der Waals surface area contributed by atoms with Crippen LogP contribution in [-0.2, 0) is 0 Å². The van der Waals surface area contributed by atoms with Crippen LogP contribution >= 0.6 is 0 Å². The van der Waals surface area contributed by atoms with Gasteiger partial charge in [-0.2, -0.15) is 0 Å². The fourth-order valence-electron chi connectivity index (χ4n) is 0.863. The largest absolute Gasteiger partial charge is 0.475 e. The van der Waals surface area contributed by atoms with Gasteiger partial charge in [0.2, 0.25) is 5.76 Å². The first-order valence-electron chi connectivity index (χ1n) is 3.73. The van der Waals surface area contributed by atoms with E-state index in [0.29, 0.717) is 11.6 Å². The molecule has 0 radical (unpaired) electrons. The summed E-state index contributed by atoms with van der Waals surface area (Å²) in [7, 11) is 0. The standard InChI is InChI=1S/C8H11NO3/c1-4(2)7-9-5(3)6(12-7)8(10)11/h4H,1-3H3,(H,10,11). The number of hydrogen-bond acceptors (Lipinski definition) is 3. The molecular weight excluding hydrogens is 158 g/mol. The number of carboxylic acid groups (broad SMARTS) is 1. The third-order valence-electron chi connectivity index (χ3n) is 1.50. The predicted octanol–water partition coefficient (Wildman–Crippen LogP) is 1.80. The molecule has 0 atom stereocenters. The number of nitrogens with zero attached hydrogens (tertiary/aromatic N) is 1. The van der Waals surface area contributed by atoms with Crippen LogP contribution in [0.1, 0.15) is 41.9 Å². The van der Waals surface area contributed by atoms with Crippen LogP contribution in [0.2, 0.25) is 0 Å². The van der Waals surface area contributed by atoms with Crippen molar-refractivity contribution >= 4 is 5.97 Å². The minimum atomic E-state index is -1.06. The number of hydrogen-bond donors (Lipinski definition) is 1. The average molecular weight is 169 g/mol. The van der Waals surface area contributed by atoms with E-state index in [4.69, 9.17) is 9.52 Å². The van der Waals surface area contributed by atoms with Crippen molar-refractivity contribution in [2.75, 3.05) is 0 Å². The van der Waals surface area contributed by atoms with Crippen molar-refractivity contribution in [3.05, 3.63) is 17.3 Å². The maximum absolute atomic E-state index is 10.5. The van der Waals surface area contributed by atoms with Gasteiger partial charge in [-0.05, 0) is 6.92 Å². The van der Waals surface area contributed by atoms with Gasteiger partial charge in [-0.1, -0.05) is 13.8 Å². The smallest absolute Gasteiger partial charge is 0.373 e. The Bertz CT molecular complexity index is 301. The van der Waals surface area contributed by atoms with E-state index in [2.05, 4.69) is 4.98 Å². The molecule has 4 nitrogen and oxygen atoms in total. The van der Waals surface area contributed by atoms with Crippen molar-refractivity contribution in [3.63, 3.8) is 0 Å². The van der Waals surface area contributed by atoms with Crippen LogP contribution < -0.4 is 0 Å². The van der Waals surface area contributed by atoms with Gasteiger partial charge in [0.1, 0.15) is 0 Å². The molecule has 0 aliphatic carbocycles. The van der Waals surface area contributed by atoms with Crippen molar-refractivity contribution in [2.45, 2.75) is 26.7 Å². The Hall–Kier alpha value is -1.32. The maximum atomic E-state index is 10.5. The lowest BCUT2D eigenvalue weighted by Crippen LogP contribution is -1.95. The van der Waals surface area contributed by atoms with E-state index in [9.17, 15) is 4.79 Å². The normalized spacial score (nSPS) is 10.7. The van der Waals surface area contributed by atoms with E-state index < -0.39 is 5.97 Å². The lowest BCUT2D eigenvalue weighted by molar-refractivity contribution is 0.0659. The maximum Gasteiger partial charge on any atom is 0.373 e. The lowest BCUT2D eigenvalue weighted by atomic mass is 10.2. The third kappa shape index (κ3) is 1.47. The predicted molar refractivity (Wildman–Crippen MR) is 42.3 cm³/mol. The average Bonchev–Trinajstić information content (AvgIpc) is 2.30. The lowest BCUT2D eigenvalue weighted by Gasteiger charge is -1.94. The summed E-state index contributed by atoms with van der Waals surface area (Å²) in [5.74, 6) is -0.521. The van der Waals surface area contributed by atoms with Crippen molar-refractivity contribution in [3.8, 4) is 0 Å². The van der Waals surface area contributed by atoms with Crippen molar-refractivity contribution < 1.29 is 14.3 Å². The molecule has 0 aliphatic heterocycles. The quantitative estimate of drug-likeness (QED) is 0.733. The number of rotatable bonds is 2. The van der Waals surface area contributed by atoms with Gasteiger partial charge in [-0.3, -0.25) is 0 Å². The highest BCUT2D eigenvalue weighted by molar-refractivity contribution is 5.85. The molecule has 0 saturated heterocycles. The summed E-state index contributed by atoms with van der Waals surface area (Å²) in [6, 6.07) is 0. The van der Waals surface area contributed by atoms with Gasteiger partial charge < -0.3 is 9.52 Å². The SMILES string of the molecule is Cc1nc(C(C)C)oc1C(=O)O. The summed E-state index contributed by atoms with van der Waals surface area (Å²) in [6.45, 7) is 5.42. The molecule has 1 aromatic rings. The first-order chi connectivity index (χ1) is 5.52. The molecule has 0 saturated carbocycles. The molecule has 0 aliphatic rings. The highest BCUT2D eigenvalue weighted by atomic mass is 16.4. The number of aryl methyl sites for hydroxylation is 1. The molecule has 1 heterocycles.